The van der Waals surface area contributed by atoms with Crippen LogP contribution >= 0.6 is 23.2 Å². The monoisotopic (exact) mass is 928 g/mol. The van der Waals surface area contributed by atoms with Crippen molar-refractivity contribution < 1.29 is 18.3 Å². The highest BCUT2D eigenvalue weighted by Gasteiger charge is 2.27. The van der Waals surface area contributed by atoms with Crippen LogP contribution in [0.25, 0.3) is 35.7 Å². The van der Waals surface area contributed by atoms with E-state index in [-0.39, 0.29) is 21.9 Å². The summed E-state index contributed by atoms with van der Waals surface area (Å²) in [6.45, 7) is 5.46. The highest BCUT2D eigenvalue weighted by atomic mass is 35.5. The van der Waals surface area contributed by atoms with Crippen molar-refractivity contribution in [3.05, 3.63) is 165 Å². The number of benzene rings is 2. The average molecular weight is 930 g/mol. The lowest BCUT2D eigenvalue weighted by atomic mass is 9.91. The van der Waals surface area contributed by atoms with Crippen LogP contribution in [0.5, 0.6) is 11.8 Å². The van der Waals surface area contributed by atoms with E-state index in [2.05, 4.69) is 30.1 Å². The zero-order valence-corrected chi connectivity index (χ0v) is 38.0. The van der Waals surface area contributed by atoms with Crippen molar-refractivity contribution in [2.75, 3.05) is 14.2 Å². The van der Waals surface area contributed by atoms with Gasteiger partial charge in [0.15, 0.2) is 11.6 Å². The first kappa shape index (κ1) is 44.2. The van der Waals surface area contributed by atoms with Crippen molar-refractivity contribution in [3.63, 3.8) is 0 Å². The Kier molecular flexibility index (Phi) is 12.9. The second-order valence-electron chi connectivity index (χ2n) is 15.9. The maximum atomic E-state index is 13.6. The smallest absolute Gasteiger partial charge is 0.238 e. The summed E-state index contributed by atoms with van der Waals surface area (Å²) in [6.07, 6.45) is 18.4. The summed E-state index contributed by atoms with van der Waals surface area (Å²) in [7, 11) is 3.19. The Morgan fingerprint density at radius 2 is 1.03 bits per heavy atom. The quantitative estimate of drug-likeness (QED) is 0.130. The normalized spacial score (nSPS) is 15.7. The van der Waals surface area contributed by atoms with Crippen LogP contribution in [0, 0.1) is 25.5 Å². The predicted octanol–water partition coefficient (Wildman–Crippen LogP) is 10.1. The predicted molar refractivity (Wildman–Crippen MR) is 248 cm³/mol. The lowest BCUT2D eigenvalue weighted by Gasteiger charge is -2.22. The molecule has 0 radical (unpaired) electrons. The lowest BCUT2D eigenvalue weighted by molar-refractivity contribution is 0.395. The number of nitrogens with zero attached hydrogens (tertiary/aromatic N) is 12. The highest BCUT2D eigenvalue weighted by molar-refractivity contribution is 6.31. The largest absolute Gasteiger partial charge is 0.479 e. The second-order valence-corrected chi connectivity index (χ2v) is 16.7. The van der Waals surface area contributed by atoms with Gasteiger partial charge in [-0.25, -0.2) is 48.0 Å². The summed E-state index contributed by atoms with van der Waals surface area (Å²) in [5.74, 6) is 3.14. The third-order valence-corrected chi connectivity index (χ3v) is 11.9. The van der Waals surface area contributed by atoms with Gasteiger partial charge in [-0.05, 0) is 123 Å². The van der Waals surface area contributed by atoms with E-state index in [0.717, 1.165) is 95.7 Å². The minimum atomic E-state index is -0.418. The zero-order valence-electron chi connectivity index (χ0n) is 36.5. The minimum Gasteiger partial charge on any atom is -0.479 e. The molecule has 8 heterocycles. The van der Waals surface area contributed by atoms with Crippen LogP contribution in [0.15, 0.2) is 85.7 Å². The number of pyridine rings is 2. The first-order valence-corrected chi connectivity index (χ1v) is 22.1. The molecule has 6 aromatic heterocycles. The van der Waals surface area contributed by atoms with E-state index in [1.807, 2.05) is 93.3 Å². The Morgan fingerprint density at radius 1 is 0.591 bits per heavy atom. The fraction of sp³-hybridized carbons (Fsp3) is 0.250. The Labute approximate surface area is 389 Å². The summed E-state index contributed by atoms with van der Waals surface area (Å²) < 4.78 is 45.8. The Hall–Kier alpha value is -7.04. The van der Waals surface area contributed by atoms with Crippen LogP contribution in [0.1, 0.15) is 94.7 Å². The SMILES string of the molecule is COc1nc(/C=C/c2nc3n(n2)CCC[C@@H]3c2ccc(F)c(Cl)c2)ccc1-n1cnc(C)c1.COc1nc(/C=C/c2nc3n(n2)CCC[C@H]3c2ccc(F)c(Cl)c2)ccc1-n1cnc(C)c1. The van der Waals surface area contributed by atoms with Gasteiger partial charge in [0.25, 0.3) is 0 Å². The van der Waals surface area contributed by atoms with Crippen LogP contribution in [0.4, 0.5) is 8.78 Å². The van der Waals surface area contributed by atoms with E-state index in [1.165, 1.54) is 12.1 Å². The third-order valence-electron chi connectivity index (χ3n) is 11.4. The molecule has 2 aromatic carbocycles. The molecular formula is C48H44Cl2F2N12O2. The van der Waals surface area contributed by atoms with Gasteiger partial charge in [-0.1, -0.05) is 35.3 Å². The molecule has 2 aliphatic heterocycles. The first-order valence-electron chi connectivity index (χ1n) is 21.3. The molecule has 18 heteroatoms. The summed E-state index contributed by atoms with van der Waals surface area (Å²) in [5.41, 5.74) is 6.79. The molecule has 0 amide bonds. The summed E-state index contributed by atoms with van der Waals surface area (Å²) >= 11 is 12.0. The molecule has 0 spiro atoms. The summed E-state index contributed by atoms with van der Waals surface area (Å²) in [6, 6.07) is 17.4. The van der Waals surface area contributed by atoms with Crippen molar-refractivity contribution in [2.24, 2.45) is 0 Å². The Bertz CT molecular complexity index is 2890. The first-order chi connectivity index (χ1) is 32.0. The van der Waals surface area contributed by atoms with E-state index in [9.17, 15) is 8.78 Å². The number of methoxy groups -OCH3 is 2. The molecule has 2 aliphatic rings. The number of imidazole rings is 2. The molecule has 0 bridgehead atoms. The molecule has 0 saturated carbocycles. The van der Waals surface area contributed by atoms with Gasteiger partial charge < -0.3 is 18.6 Å². The number of halogens is 4. The number of aryl methyl sites for hydroxylation is 4. The molecular weight excluding hydrogens is 886 g/mol. The van der Waals surface area contributed by atoms with Gasteiger partial charge in [0, 0.05) is 37.3 Å². The number of hydrogen-bond acceptors (Lipinski definition) is 10. The van der Waals surface area contributed by atoms with Crippen LogP contribution in [-0.4, -0.2) is 72.8 Å². The van der Waals surface area contributed by atoms with Gasteiger partial charge in [0.05, 0.1) is 59.7 Å². The maximum Gasteiger partial charge on any atom is 0.238 e. The average Bonchev–Trinajstić information content (AvgIpc) is 4.16. The molecule has 0 N–H and O–H groups in total. The van der Waals surface area contributed by atoms with E-state index in [4.69, 9.17) is 42.6 Å². The number of hydrogen-bond donors (Lipinski definition) is 0. The van der Waals surface area contributed by atoms with Crippen LogP contribution in [0.2, 0.25) is 10.0 Å². The fourth-order valence-electron chi connectivity index (χ4n) is 8.17. The van der Waals surface area contributed by atoms with Gasteiger partial charge in [0.2, 0.25) is 11.8 Å². The molecule has 8 aromatic rings. The van der Waals surface area contributed by atoms with Gasteiger partial charge in [-0.15, -0.1) is 0 Å². The number of ether oxygens (including phenoxy) is 2. The van der Waals surface area contributed by atoms with Gasteiger partial charge in [0.1, 0.15) is 34.7 Å². The minimum absolute atomic E-state index is 0.0302. The molecule has 0 fully saturated rings. The van der Waals surface area contributed by atoms with E-state index >= 15 is 0 Å². The van der Waals surface area contributed by atoms with Crippen molar-refractivity contribution >= 4 is 47.5 Å². The van der Waals surface area contributed by atoms with Crippen LogP contribution in [0.3, 0.4) is 0 Å². The van der Waals surface area contributed by atoms with Crippen LogP contribution in [-0.2, 0) is 13.1 Å². The molecule has 14 nitrogen and oxygen atoms in total. The van der Waals surface area contributed by atoms with E-state index in [1.54, 1.807) is 51.1 Å². The molecule has 0 aliphatic carbocycles. The number of fused-ring (bicyclic) bond motifs is 2. The highest BCUT2D eigenvalue weighted by Crippen LogP contribution is 2.36. The van der Waals surface area contributed by atoms with Crippen LogP contribution < -0.4 is 9.47 Å². The zero-order chi connectivity index (χ0) is 45.9. The molecule has 336 valence electrons. The Morgan fingerprint density at radius 3 is 1.41 bits per heavy atom. The van der Waals surface area contributed by atoms with Crippen molar-refractivity contribution in [1.29, 1.82) is 0 Å². The van der Waals surface area contributed by atoms with Gasteiger partial charge in [-0.2, -0.15) is 10.2 Å². The molecule has 0 unspecified atom stereocenters. The maximum absolute atomic E-state index is 13.6. The lowest BCUT2D eigenvalue weighted by Crippen LogP contribution is -2.18. The van der Waals surface area contributed by atoms with E-state index < -0.39 is 11.6 Å². The second kappa shape index (κ2) is 19.2. The molecule has 66 heavy (non-hydrogen) atoms. The molecule has 10 rings (SSSR count). The van der Waals surface area contributed by atoms with Crippen molar-refractivity contribution in [3.8, 4) is 23.1 Å². The van der Waals surface area contributed by atoms with E-state index in [0.29, 0.717) is 23.4 Å². The number of rotatable bonds is 10. The third kappa shape index (κ3) is 9.51. The summed E-state index contributed by atoms with van der Waals surface area (Å²) in [4.78, 5) is 27.2. The standard InChI is InChI=1S/2C24H22ClFN6O/c2*1-15-13-31(14-27-15)21-9-6-17(28-24(21)33-2)7-10-22-29-23-18(4-3-11-32(23)30-22)16-5-8-20(26)19(25)12-16/h2*5-10,12-14,18H,3-4,11H2,1-2H3/b2*10-7+/t2*18-/m10/s1. The van der Waals surface area contributed by atoms with Gasteiger partial charge in [-0.3, -0.25) is 0 Å². The topological polar surface area (TPSA) is 141 Å². The van der Waals surface area contributed by atoms with Gasteiger partial charge >= 0.3 is 0 Å². The molecule has 2 atom stereocenters. The fourth-order valence-corrected chi connectivity index (χ4v) is 8.55. The number of aromatic nitrogens is 12. The summed E-state index contributed by atoms with van der Waals surface area (Å²) in [5, 5.41) is 9.51. The van der Waals surface area contributed by atoms with Crippen molar-refractivity contribution in [2.45, 2.75) is 64.5 Å². The molecule has 0 saturated heterocycles. The van der Waals surface area contributed by atoms with Crippen molar-refractivity contribution in [1.82, 2.24) is 58.6 Å². The Balaban J connectivity index is 0.000000166.